The number of pyridine rings is 1. The molecule has 0 N–H and O–H groups in total. The van der Waals surface area contributed by atoms with Gasteiger partial charge in [0.15, 0.2) is 0 Å². The SMILES string of the molecule is COc1cccc(C)c1CO/N=C/c1cc(C(F)(F)F)cc(C)n1. The highest BCUT2D eigenvalue weighted by molar-refractivity contribution is 5.76. The normalized spacial score (nSPS) is 11.8. The highest BCUT2D eigenvalue weighted by Gasteiger charge is 2.31. The summed E-state index contributed by atoms with van der Waals surface area (Å²) in [5, 5.41) is 3.71. The van der Waals surface area contributed by atoms with Gasteiger partial charge in [0, 0.05) is 11.3 Å². The maximum atomic E-state index is 12.8. The molecule has 0 aliphatic heterocycles. The summed E-state index contributed by atoms with van der Waals surface area (Å²) in [6, 6.07) is 7.47. The standard InChI is InChI=1S/C17H17F3N2O2/c1-11-5-4-6-16(23-3)15(11)10-24-21-9-14-8-13(17(18,19)20)7-12(2)22-14/h4-9H,10H2,1-3H3/b21-9+. The fraction of sp³-hybridized carbons (Fsp3) is 0.294. The third-order valence-corrected chi connectivity index (χ3v) is 3.36. The van der Waals surface area contributed by atoms with E-state index in [1.807, 2.05) is 19.1 Å². The summed E-state index contributed by atoms with van der Waals surface area (Å²) in [6.45, 7) is 3.54. The molecule has 0 bridgehead atoms. The molecule has 0 aliphatic carbocycles. The Hall–Kier alpha value is -2.57. The summed E-state index contributed by atoms with van der Waals surface area (Å²) >= 11 is 0. The van der Waals surface area contributed by atoms with E-state index >= 15 is 0 Å². The van der Waals surface area contributed by atoms with Crippen molar-refractivity contribution in [3.8, 4) is 5.75 Å². The predicted octanol–water partition coefficient (Wildman–Crippen LogP) is 4.28. The van der Waals surface area contributed by atoms with Crippen molar-refractivity contribution in [1.29, 1.82) is 0 Å². The highest BCUT2D eigenvalue weighted by Crippen LogP contribution is 2.29. The molecule has 24 heavy (non-hydrogen) atoms. The number of alkyl halides is 3. The summed E-state index contributed by atoms with van der Waals surface area (Å²) in [6.07, 6.45) is -3.27. The van der Waals surface area contributed by atoms with Crippen molar-refractivity contribution in [3.63, 3.8) is 0 Å². The van der Waals surface area contributed by atoms with E-state index in [-0.39, 0.29) is 18.0 Å². The van der Waals surface area contributed by atoms with Crippen LogP contribution in [0.4, 0.5) is 13.2 Å². The molecule has 0 spiro atoms. The van der Waals surface area contributed by atoms with E-state index in [0.717, 1.165) is 29.5 Å². The monoisotopic (exact) mass is 338 g/mol. The van der Waals surface area contributed by atoms with Crippen molar-refractivity contribution in [2.24, 2.45) is 5.16 Å². The maximum absolute atomic E-state index is 12.8. The van der Waals surface area contributed by atoms with Crippen LogP contribution < -0.4 is 4.74 Å². The van der Waals surface area contributed by atoms with E-state index < -0.39 is 11.7 Å². The number of halogens is 3. The third-order valence-electron chi connectivity index (χ3n) is 3.36. The molecule has 2 rings (SSSR count). The zero-order chi connectivity index (χ0) is 17.7. The zero-order valence-corrected chi connectivity index (χ0v) is 13.5. The first kappa shape index (κ1) is 17.8. The average Bonchev–Trinajstić information content (AvgIpc) is 2.51. The Bertz CT molecular complexity index is 743. The van der Waals surface area contributed by atoms with Crippen molar-refractivity contribution in [2.45, 2.75) is 26.6 Å². The maximum Gasteiger partial charge on any atom is 0.416 e. The molecule has 0 amide bonds. The Morgan fingerprint density at radius 2 is 1.96 bits per heavy atom. The number of ether oxygens (including phenoxy) is 1. The molecule has 4 nitrogen and oxygen atoms in total. The molecule has 0 fully saturated rings. The van der Waals surface area contributed by atoms with Crippen LogP contribution in [-0.4, -0.2) is 18.3 Å². The van der Waals surface area contributed by atoms with Gasteiger partial charge >= 0.3 is 6.18 Å². The summed E-state index contributed by atoms with van der Waals surface area (Å²) in [4.78, 5) is 9.17. The van der Waals surface area contributed by atoms with Crippen LogP contribution in [0.1, 0.15) is 28.1 Å². The average molecular weight is 338 g/mol. The highest BCUT2D eigenvalue weighted by atomic mass is 19.4. The number of methoxy groups -OCH3 is 1. The smallest absolute Gasteiger partial charge is 0.416 e. The summed E-state index contributed by atoms with van der Waals surface area (Å²) in [7, 11) is 1.55. The third kappa shape index (κ3) is 4.47. The van der Waals surface area contributed by atoms with Crippen LogP contribution in [0.15, 0.2) is 35.5 Å². The number of rotatable bonds is 5. The van der Waals surface area contributed by atoms with Gasteiger partial charge in [0.05, 0.1) is 24.6 Å². The predicted molar refractivity (Wildman–Crippen MR) is 84.1 cm³/mol. The van der Waals surface area contributed by atoms with Gasteiger partial charge in [0.2, 0.25) is 0 Å². The molecule has 1 aromatic heterocycles. The Morgan fingerprint density at radius 3 is 2.62 bits per heavy atom. The lowest BCUT2D eigenvalue weighted by Crippen LogP contribution is -2.07. The Morgan fingerprint density at radius 1 is 1.21 bits per heavy atom. The van der Waals surface area contributed by atoms with E-state index in [1.165, 1.54) is 6.92 Å². The molecule has 0 saturated carbocycles. The second-order valence-electron chi connectivity index (χ2n) is 5.18. The molecule has 1 aromatic carbocycles. The second-order valence-corrected chi connectivity index (χ2v) is 5.18. The number of aromatic nitrogens is 1. The van der Waals surface area contributed by atoms with Crippen molar-refractivity contribution < 1.29 is 22.7 Å². The summed E-state index contributed by atoms with van der Waals surface area (Å²) in [5.74, 6) is 0.665. The van der Waals surface area contributed by atoms with Gasteiger partial charge in [-0.15, -0.1) is 0 Å². The van der Waals surface area contributed by atoms with Crippen LogP contribution >= 0.6 is 0 Å². The van der Waals surface area contributed by atoms with Gasteiger partial charge in [0.1, 0.15) is 12.4 Å². The lowest BCUT2D eigenvalue weighted by molar-refractivity contribution is -0.137. The number of hydrogen-bond donors (Lipinski definition) is 0. The zero-order valence-electron chi connectivity index (χ0n) is 13.5. The first-order chi connectivity index (χ1) is 11.3. The Kier molecular flexibility index (Phi) is 5.43. The molecule has 2 aromatic rings. The minimum absolute atomic E-state index is 0.0825. The lowest BCUT2D eigenvalue weighted by Gasteiger charge is -2.10. The van der Waals surface area contributed by atoms with E-state index in [2.05, 4.69) is 10.1 Å². The Labute approximate surface area is 137 Å². The van der Waals surface area contributed by atoms with Gasteiger partial charge in [-0.1, -0.05) is 17.3 Å². The van der Waals surface area contributed by atoms with Gasteiger partial charge in [-0.3, -0.25) is 4.98 Å². The first-order valence-corrected chi connectivity index (χ1v) is 7.15. The number of benzene rings is 1. The van der Waals surface area contributed by atoms with Crippen molar-refractivity contribution in [1.82, 2.24) is 4.98 Å². The van der Waals surface area contributed by atoms with Crippen LogP contribution in [0.3, 0.4) is 0 Å². The van der Waals surface area contributed by atoms with Gasteiger partial charge in [0.25, 0.3) is 0 Å². The van der Waals surface area contributed by atoms with Gasteiger partial charge in [-0.2, -0.15) is 13.2 Å². The molecule has 0 saturated heterocycles. The first-order valence-electron chi connectivity index (χ1n) is 7.15. The quantitative estimate of drug-likeness (QED) is 0.604. The van der Waals surface area contributed by atoms with Gasteiger partial charge in [-0.05, 0) is 37.6 Å². The van der Waals surface area contributed by atoms with Gasteiger partial charge in [-0.25, -0.2) is 0 Å². The molecule has 0 atom stereocenters. The summed E-state index contributed by atoms with van der Waals surface area (Å²) in [5.41, 5.74) is 1.37. The van der Waals surface area contributed by atoms with Crippen LogP contribution in [0, 0.1) is 13.8 Å². The van der Waals surface area contributed by atoms with E-state index in [9.17, 15) is 13.2 Å². The molecule has 7 heteroatoms. The molecule has 0 aliphatic rings. The van der Waals surface area contributed by atoms with Gasteiger partial charge < -0.3 is 9.57 Å². The molecule has 0 radical (unpaired) electrons. The number of nitrogens with zero attached hydrogens (tertiary/aromatic N) is 2. The van der Waals surface area contributed by atoms with Crippen molar-refractivity contribution >= 4 is 6.21 Å². The largest absolute Gasteiger partial charge is 0.496 e. The van der Waals surface area contributed by atoms with E-state index in [4.69, 9.17) is 9.57 Å². The number of hydrogen-bond acceptors (Lipinski definition) is 4. The van der Waals surface area contributed by atoms with Crippen LogP contribution in [0.5, 0.6) is 5.75 Å². The number of oxime groups is 1. The molecule has 1 heterocycles. The van der Waals surface area contributed by atoms with Crippen molar-refractivity contribution in [3.05, 3.63) is 58.4 Å². The minimum Gasteiger partial charge on any atom is -0.496 e. The summed E-state index contributed by atoms with van der Waals surface area (Å²) < 4.78 is 43.5. The molecular formula is C17H17F3N2O2. The van der Waals surface area contributed by atoms with Crippen LogP contribution in [-0.2, 0) is 17.6 Å². The topological polar surface area (TPSA) is 43.7 Å². The van der Waals surface area contributed by atoms with Crippen LogP contribution in [0.25, 0.3) is 0 Å². The van der Waals surface area contributed by atoms with E-state index in [0.29, 0.717) is 5.75 Å². The number of aryl methyl sites for hydroxylation is 2. The fourth-order valence-electron chi connectivity index (χ4n) is 2.17. The molecule has 128 valence electrons. The fourth-order valence-corrected chi connectivity index (χ4v) is 2.17. The Balaban J connectivity index is 2.09. The second kappa shape index (κ2) is 7.33. The molecule has 0 unspecified atom stereocenters. The van der Waals surface area contributed by atoms with Crippen LogP contribution in [0.2, 0.25) is 0 Å². The van der Waals surface area contributed by atoms with Crippen molar-refractivity contribution in [2.75, 3.05) is 7.11 Å². The van der Waals surface area contributed by atoms with E-state index in [1.54, 1.807) is 13.2 Å². The molecular weight excluding hydrogens is 321 g/mol. The minimum atomic E-state index is -4.42. The lowest BCUT2D eigenvalue weighted by atomic mass is 10.1.